The van der Waals surface area contributed by atoms with Gasteiger partial charge in [0, 0.05) is 29.2 Å². The van der Waals surface area contributed by atoms with Gasteiger partial charge in [0.05, 0.1) is 0 Å². The number of piperidine rings is 1. The number of hydrogen-bond acceptors (Lipinski definition) is 3. The third-order valence-electron chi connectivity index (χ3n) is 4.12. The predicted octanol–water partition coefficient (Wildman–Crippen LogP) is 3.84. The van der Waals surface area contributed by atoms with E-state index in [1.807, 2.05) is 30.3 Å². The summed E-state index contributed by atoms with van der Waals surface area (Å²) in [4.78, 5) is 26.1. The number of carbonyl (C=O) groups is 2. The zero-order valence-corrected chi connectivity index (χ0v) is 15.2. The number of likely N-dealkylation sites (tertiary alicyclic amines) is 1. The maximum atomic E-state index is 12.3. The fourth-order valence-corrected chi connectivity index (χ4v) is 3.16. The largest absolute Gasteiger partial charge is 0.415 e. The molecule has 0 saturated carbocycles. The number of nitrogens with zero attached hydrogens (tertiary/aromatic N) is 1. The zero-order chi connectivity index (χ0) is 17.6. The molecule has 1 fully saturated rings. The van der Waals surface area contributed by atoms with Crippen LogP contribution in [0.25, 0.3) is 0 Å². The van der Waals surface area contributed by atoms with E-state index in [4.69, 9.17) is 4.74 Å². The first-order valence-electron chi connectivity index (χ1n) is 8.20. The first-order chi connectivity index (χ1) is 12.1. The van der Waals surface area contributed by atoms with Crippen LogP contribution in [0.4, 0.5) is 4.79 Å². The molecule has 2 amide bonds. The number of carbonyl (C=O) groups excluding carboxylic acids is 2. The first-order valence-corrected chi connectivity index (χ1v) is 8.99. The van der Waals surface area contributed by atoms with Crippen LogP contribution in [0.3, 0.4) is 0 Å². The Balaban J connectivity index is 1.48. The van der Waals surface area contributed by atoms with Gasteiger partial charge in [-0.3, -0.25) is 4.79 Å². The van der Waals surface area contributed by atoms with E-state index in [1.165, 1.54) is 0 Å². The summed E-state index contributed by atoms with van der Waals surface area (Å²) in [6, 6.07) is 16.4. The average molecular weight is 403 g/mol. The van der Waals surface area contributed by atoms with Crippen molar-refractivity contribution in [2.24, 2.45) is 0 Å². The van der Waals surface area contributed by atoms with Crippen molar-refractivity contribution in [3.8, 4) is 5.75 Å². The van der Waals surface area contributed by atoms with E-state index in [0.29, 0.717) is 37.2 Å². The van der Waals surface area contributed by atoms with Crippen LogP contribution in [0.2, 0.25) is 0 Å². The number of halogens is 1. The molecule has 130 valence electrons. The number of rotatable bonds is 3. The first kappa shape index (κ1) is 17.5. The third-order valence-corrected chi connectivity index (χ3v) is 4.62. The van der Waals surface area contributed by atoms with E-state index in [1.54, 1.807) is 29.2 Å². The molecule has 3 rings (SSSR count). The lowest BCUT2D eigenvalue weighted by Gasteiger charge is -2.31. The van der Waals surface area contributed by atoms with Crippen LogP contribution in [0.15, 0.2) is 59.1 Å². The minimum atomic E-state index is -0.344. The molecule has 0 unspecified atom stereocenters. The number of para-hydroxylation sites is 1. The Hall–Kier alpha value is -2.34. The number of benzene rings is 2. The highest BCUT2D eigenvalue weighted by molar-refractivity contribution is 9.10. The van der Waals surface area contributed by atoms with E-state index in [-0.39, 0.29) is 18.0 Å². The SMILES string of the molecule is O=C(NC1CCN(C(=O)Oc2ccccc2)CC1)c1cccc(Br)c1. The second kappa shape index (κ2) is 8.16. The summed E-state index contributed by atoms with van der Waals surface area (Å²) in [5.41, 5.74) is 0.625. The molecule has 2 aromatic rings. The molecule has 1 saturated heterocycles. The van der Waals surface area contributed by atoms with Crippen molar-refractivity contribution < 1.29 is 14.3 Å². The molecule has 1 aliphatic rings. The summed E-state index contributed by atoms with van der Waals surface area (Å²) in [5.74, 6) is 0.448. The topological polar surface area (TPSA) is 58.6 Å². The Morgan fingerprint density at radius 1 is 1.04 bits per heavy atom. The Morgan fingerprint density at radius 2 is 1.76 bits per heavy atom. The summed E-state index contributed by atoms with van der Waals surface area (Å²) in [6.07, 6.45) is 1.08. The Labute approximate surface area is 155 Å². The molecule has 1 N–H and O–H groups in total. The monoisotopic (exact) mass is 402 g/mol. The lowest BCUT2D eigenvalue weighted by molar-refractivity contribution is 0.0910. The van der Waals surface area contributed by atoms with Crippen LogP contribution in [0, 0.1) is 0 Å². The van der Waals surface area contributed by atoms with Gasteiger partial charge in [-0.1, -0.05) is 40.2 Å². The van der Waals surface area contributed by atoms with Crippen molar-refractivity contribution in [1.29, 1.82) is 0 Å². The fraction of sp³-hybridized carbons (Fsp3) is 0.263. The second-order valence-electron chi connectivity index (χ2n) is 5.93. The van der Waals surface area contributed by atoms with Gasteiger partial charge >= 0.3 is 6.09 Å². The van der Waals surface area contributed by atoms with Gasteiger partial charge in [-0.25, -0.2) is 4.79 Å². The van der Waals surface area contributed by atoms with Crippen LogP contribution < -0.4 is 10.1 Å². The van der Waals surface area contributed by atoms with Gasteiger partial charge in [0.1, 0.15) is 5.75 Å². The Morgan fingerprint density at radius 3 is 2.44 bits per heavy atom. The third kappa shape index (κ3) is 4.82. The van der Waals surface area contributed by atoms with Crippen molar-refractivity contribution in [3.63, 3.8) is 0 Å². The summed E-state index contributed by atoms with van der Waals surface area (Å²) >= 11 is 3.37. The molecular formula is C19H19BrN2O3. The summed E-state index contributed by atoms with van der Waals surface area (Å²) < 4.78 is 6.22. The molecular weight excluding hydrogens is 384 g/mol. The Kier molecular flexibility index (Phi) is 5.71. The van der Waals surface area contributed by atoms with Crippen LogP contribution in [0.1, 0.15) is 23.2 Å². The van der Waals surface area contributed by atoms with Crippen molar-refractivity contribution >= 4 is 27.9 Å². The molecule has 0 aliphatic carbocycles. The molecule has 0 bridgehead atoms. The number of ether oxygens (including phenoxy) is 1. The average Bonchev–Trinajstić information content (AvgIpc) is 2.63. The van der Waals surface area contributed by atoms with Gasteiger partial charge < -0.3 is 15.0 Å². The molecule has 1 aliphatic heterocycles. The maximum Gasteiger partial charge on any atom is 0.415 e. The number of nitrogens with one attached hydrogen (secondary N) is 1. The van der Waals surface area contributed by atoms with Gasteiger partial charge in [0.2, 0.25) is 0 Å². The second-order valence-corrected chi connectivity index (χ2v) is 6.84. The van der Waals surface area contributed by atoms with Crippen LogP contribution >= 0.6 is 15.9 Å². The number of hydrogen-bond donors (Lipinski definition) is 1. The van der Waals surface area contributed by atoms with E-state index >= 15 is 0 Å². The molecule has 6 heteroatoms. The van der Waals surface area contributed by atoms with Crippen molar-refractivity contribution in [3.05, 3.63) is 64.6 Å². The minimum absolute atomic E-state index is 0.0623. The van der Waals surface area contributed by atoms with Crippen molar-refractivity contribution in [2.45, 2.75) is 18.9 Å². The summed E-state index contributed by atoms with van der Waals surface area (Å²) in [7, 11) is 0. The van der Waals surface area contributed by atoms with Gasteiger partial charge in [0.25, 0.3) is 5.91 Å². The van der Waals surface area contributed by atoms with Crippen LogP contribution in [-0.2, 0) is 0 Å². The van der Waals surface area contributed by atoms with Crippen LogP contribution in [0.5, 0.6) is 5.75 Å². The minimum Gasteiger partial charge on any atom is -0.410 e. The quantitative estimate of drug-likeness (QED) is 0.847. The van der Waals surface area contributed by atoms with Gasteiger partial charge in [-0.15, -0.1) is 0 Å². The fourth-order valence-electron chi connectivity index (χ4n) is 2.76. The van der Waals surface area contributed by atoms with Crippen molar-refractivity contribution in [2.75, 3.05) is 13.1 Å². The number of amides is 2. The smallest absolute Gasteiger partial charge is 0.410 e. The lowest BCUT2D eigenvalue weighted by atomic mass is 10.0. The zero-order valence-electron chi connectivity index (χ0n) is 13.7. The molecule has 0 radical (unpaired) electrons. The highest BCUT2D eigenvalue weighted by Crippen LogP contribution is 2.16. The van der Waals surface area contributed by atoms with Crippen LogP contribution in [-0.4, -0.2) is 36.0 Å². The highest BCUT2D eigenvalue weighted by atomic mass is 79.9. The molecule has 0 aromatic heterocycles. The lowest BCUT2D eigenvalue weighted by Crippen LogP contribution is -2.47. The van der Waals surface area contributed by atoms with Gasteiger partial charge in [-0.2, -0.15) is 0 Å². The van der Waals surface area contributed by atoms with Gasteiger partial charge in [0.15, 0.2) is 0 Å². The van der Waals surface area contributed by atoms with E-state index < -0.39 is 0 Å². The summed E-state index contributed by atoms with van der Waals surface area (Å²) in [6.45, 7) is 1.13. The molecule has 2 aromatic carbocycles. The molecule has 0 spiro atoms. The summed E-state index contributed by atoms with van der Waals surface area (Å²) in [5, 5.41) is 3.03. The van der Waals surface area contributed by atoms with E-state index in [9.17, 15) is 9.59 Å². The molecule has 5 nitrogen and oxygen atoms in total. The predicted molar refractivity (Wildman–Crippen MR) is 98.7 cm³/mol. The van der Waals surface area contributed by atoms with Crippen molar-refractivity contribution in [1.82, 2.24) is 10.2 Å². The van der Waals surface area contributed by atoms with Gasteiger partial charge in [-0.05, 0) is 43.2 Å². The highest BCUT2D eigenvalue weighted by Gasteiger charge is 2.25. The molecule has 1 heterocycles. The maximum absolute atomic E-state index is 12.3. The molecule has 25 heavy (non-hydrogen) atoms. The Bertz CT molecular complexity index is 743. The standard InChI is InChI=1S/C19H19BrN2O3/c20-15-6-4-5-14(13-15)18(23)21-16-9-11-22(12-10-16)19(24)25-17-7-2-1-3-8-17/h1-8,13,16H,9-12H2,(H,21,23). The molecule has 0 atom stereocenters. The van der Waals surface area contributed by atoms with E-state index in [2.05, 4.69) is 21.2 Å². The normalized spacial score (nSPS) is 14.8. The van der Waals surface area contributed by atoms with E-state index in [0.717, 1.165) is 4.47 Å².